The molecule has 2 amide bonds. The minimum Gasteiger partial charge on any atom is -0.371 e. The van der Waals surface area contributed by atoms with Crippen LogP contribution in [0, 0.1) is 12.3 Å². The molecule has 304 valence electrons. The number of amides is 2. The largest absolute Gasteiger partial charge is 0.371 e. The average molecular weight is 787 g/mol. The number of likely N-dealkylation sites (tertiary alicyclic amines) is 1. The van der Waals surface area contributed by atoms with Gasteiger partial charge in [-0.1, -0.05) is 25.0 Å². The number of imide groups is 1. The van der Waals surface area contributed by atoms with Crippen molar-refractivity contribution < 1.29 is 14.4 Å². The Bertz CT molecular complexity index is 2250. The first-order valence-electron chi connectivity index (χ1n) is 21.2. The monoisotopic (exact) mass is 786 g/mol. The van der Waals surface area contributed by atoms with Crippen LogP contribution in [0.5, 0.6) is 0 Å². The van der Waals surface area contributed by atoms with Gasteiger partial charge in [0.1, 0.15) is 11.5 Å². The lowest BCUT2D eigenvalue weighted by atomic mass is 9.72. The van der Waals surface area contributed by atoms with Crippen LogP contribution >= 0.6 is 0 Å². The molecule has 7 heterocycles. The molecule has 14 heteroatoms. The number of piperazine rings is 1. The summed E-state index contributed by atoms with van der Waals surface area (Å²) in [6.45, 7) is 13.9. The highest BCUT2D eigenvalue weighted by Crippen LogP contribution is 2.41. The summed E-state index contributed by atoms with van der Waals surface area (Å²) in [7, 11) is 0. The smallest absolute Gasteiger partial charge is 0.263 e. The van der Waals surface area contributed by atoms with E-state index in [0.29, 0.717) is 41.2 Å². The lowest BCUT2D eigenvalue weighted by Gasteiger charge is -2.55. The van der Waals surface area contributed by atoms with Gasteiger partial charge in [0.15, 0.2) is 5.78 Å². The van der Waals surface area contributed by atoms with Crippen molar-refractivity contribution in [2.24, 2.45) is 5.41 Å². The van der Waals surface area contributed by atoms with Crippen LogP contribution in [0.1, 0.15) is 91.7 Å². The van der Waals surface area contributed by atoms with Gasteiger partial charge in [-0.05, 0) is 86.8 Å². The first-order valence-corrected chi connectivity index (χ1v) is 21.2. The Hall–Kier alpha value is -5.21. The van der Waals surface area contributed by atoms with Gasteiger partial charge in [0.25, 0.3) is 5.56 Å². The number of anilines is 4. The third-order valence-corrected chi connectivity index (χ3v) is 13.5. The quantitative estimate of drug-likeness (QED) is 0.168. The van der Waals surface area contributed by atoms with Crippen molar-refractivity contribution in [3.63, 3.8) is 0 Å². The van der Waals surface area contributed by atoms with E-state index in [2.05, 4.69) is 65.5 Å². The minimum atomic E-state index is -0.256. The van der Waals surface area contributed by atoms with Crippen molar-refractivity contribution in [3.05, 3.63) is 75.8 Å². The third-order valence-electron chi connectivity index (χ3n) is 13.5. The highest BCUT2D eigenvalue weighted by Gasteiger charge is 2.44. The zero-order valence-corrected chi connectivity index (χ0v) is 33.7. The number of nitrogens with one attached hydrogen (secondary N) is 2. The fourth-order valence-electron chi connectivity index (χ4n) is 10.1. The van der Waals surface area contributed by atoms with Gasteiger partial charge in [-0.25, -0.2) is 9.97 Å². The molecule has 5 fully saturated rings. The fraction of sp³-hybridized carbons (Fsp3) is 0.523. The molecule has 4 aromatic rings. The van der Waals surface area contributed by atoms with Gasteiger partial charge >= 0.3 is 0 Å². The molecule has 1 saturated carbocycles. The first-order chi connectivity index (χ1) is 28.1. The van der Waals surface area contributed by atoms with E-state index in [1.807, 2.05) is 12.3 Å². The number of aryl methyl sites for hydroxylation is 1. The summed E-state index contributed by atoms with van der Waals surface area (Å²) in [5.41, 5.74) is 4.91. The van der Waals surface area contributed by atoms with Crippen LogP contribution in [-0.4, -0.2) is 112 Å². The average Bonchev–Trinajstić information content (AvgIpc) is 3.75. The number of hydrogen-bond acceptors (Lipinski definition) is 12. The van der Waals surface area contributed by atoms with E-state index in [0.717, 1.165) is 94.7 Å². The molecule has 1 atom stereocenters. The summed E-state index contributed by atoms with van der Waals surface area (Å²) in [5.74, 6) is 0.188. The van der Waals surface area contributed by atoms with Gasteiger partial charge in [0.05, 0.1) is 23.4 Å². The number of piperidine rings is 2. The van der Waals surface area contributed by atoms with Crippen molar-refractivity contribution in [2.45, 2.75) is 77.2 Å². The predicted molar refractivity (Wildman–Crippen MR) is 224 cm³/mol. The number of pyridine rings is 2. The summed E-state index contributed by atoms with van der Waals surface area (Å²) in [4.78, 5) is 74.0. The summed E-state index contributed by atoms with van der Waals surface area (Å²) in [6.07, 6.45) is 10.9. The van der Waals surface area contributed by atoms with Crippen molar-refractivity contribution in [2.75, 3.05) is 80.6 Å². The zero-order chi connectivity index (χ0) is 40.0. The Labute approximate surface area is 339 Å². The molecule has 0 radical (unpaired) electrons. The van der Waals surface area contributed by atoms with E-state index in [1.165, 1.54) is 38.5 Å². The Morgan fingerprint density at radius 3 is 2.19 bits per heavy atom. The van der Waals surface area contributed by atoms with Gasteiger partial charge in [-0.3, -0.25) is 34.0 Å². The molecule has 4 saturated heterocycles. The normalized spacial score (nSPS) is 21.7. The van der Waals surface area contributed by atoms with Gasteiger partial charge in [-0.2, -0.15) is 4.98 Å². The number of Topliss-reactive ketones (excluding diaryl/α,β-unsaturated/α-hetero) is 1. The fourth-order valence-corrected chi connectivity index (χ4v) is 10.1. The number of nitrogens with zero attached hydrogens (tertiary/aromatic N) is 8. The molecule has 9 rings (SSSR count). The van der Waals surface area contributed by atoms with E-state index < -0.39 is 0 Å². The zero-order valence-electron chi connectivity index (χ0n) is 33.7. The van der Waals surface area contributed by atoms with E-state index in [1.54, 1.807) is 17.7 Å². The Balaban J connectivity index is 0.726. The first kappa shape index (κ1) is 38.3. The molecule has 4 aliphatic heterocycles. The van der Waals surface area contributed by atoms with E-state index in [9.17, 15) is 19.2 Å². The second kappa shape index (κ2) is 15.9. The SMILES string of the molecule is CC(=O)c1c(C)c2cnc(Nc3ccc(N4CCN(CCN5CC6(CCN(c7ccc(C8CCC(=O)NC8=O)cc7)CC6)C5)CC4)cn3)nc2n(C2CCCC2)c1=O. The maximum absolute atomic E-state index is 13.6. The molecule has 3 aromatic heterocycles. The van der Waals surface area contributed by atoms with E-state index >= 15 is 0 Å². The molecule has 5 aliphatic rings. The van der Waals surface area contributed by atoms with Crippen LogP contribution in [0.4, 0.5) is 23.1 Å². The van der Waals surface area contributed by atoms with E-state index in [-0.39, 0.29) is 40.7 Å². The standard InChI is InChI=1S/C44H54N10O4/c1-29-36-26-46-43(49-40(36)54(33-5-3-4-6-33)42(58)39(29)30(2)55)47-37-13-11-34(25-45-37)53-23-21-50(22-24-53)19-20-51-27-44(28-51)15-17-52(18-16-44)32-9-7-31(8-10-32)35-12-14-38(56)48-41(35)57/h7-11,13,25-26,33,35H,3-6,12,14-24,27-28H2,1-2H3,(H,48,56,57)(H,45,46,47,49). The maximum Gasteiger partial charge on any atom is 0.263 e. The molecular formula is C44H54N10O4. The highest BCUT2D eigenvalue weighted by molar-refractivity contribution is 6.01. The lowest BCUT2D eigenvalue weighted by molar-refractivity contribution is -0.134. The molecular weight excluding hydrogens is 733 g/mol. The molecule has 1 unspecified atom stereocenters. The van der Waals surface area contributed by atoms with Crippen LogP contribution in [0.3, 0.4) is 0 Å². The Morgan fingerprint density at radius 2 is 1.52 bits per heavy atom. The van der Waals surface area contributed by atoms with E-state index in [4.69, 9.17) is 9.97 Å². The molecule has 14 nitrogen and oxygen atoms in total. The molecule has 1 spiro atoms. The maximum atomic E-state index is 13.6. The van der Waals surface area contributed by atoms with Gasteiger partial charge in [0, 0.05) is 95.2 Å². The Kier molecular flexibility index (Phi) is 10.5. The van der Waals surface area contributed by atoms with Crippen LogP contribution in [-0.2, 0) is 9.59 Å². The number of benzene rings is 1. The number of carbonyl (C=O) groups excluding carboxylic acids is 3. The summed E-state index contributed by atoms with van der Waals surface area (Å²) in [6, 6.07) is 12.5. The summed E-state index contributed by atoms with van der Waals surface area (Å²) in [5, 5.41) is 6.44. The van der Waals surface area contributed by atoms with Gasteiger partial charge < -0.3 is 20.0 Å². The number of aromatic nitrogens is 4. The Morgan fingerprint density at radius 1 is 0.828 bits per heavy atom. The van der Waals surface area contributed by atoms with Crippen LogP contribution < -0.4 is 26.0 Å². The molecule has 1 aromatic carbocycles. The predicted octanol–water partition coefficient (Wildman–Crippen LogP) is 4.80. The topological polar surface area (TPSA) is 149 Å². The molecule has 2 N–H and O–H groups in total. The van der Waals surface area contributed by atoms with Crippen LogP contribution in [0.2, 0.25) is 0 Å². The van der Waals surface area contributed by atoms with Crippen LogP contribution in [0.25, 0.3) is 11.0 Å². The number of carbonyl (C=O) groups is 3. The van der Waals surface area contributed by atoms with Gasteiger partial charge in [-0.15, -0.1) is 0 Å². The summed E-state index contributed by atoms with van der Waals surface area (Å²) < 4.78 is 1.73. The van der Waals surface area contributed by atoms with Crippen LogP contribution in [0.15, 0.2) is 53.6 Å². The molecule has 1 aliphatic carbocycles. The van der Waals surface area contributed by atoms with Crippen molar-refractivity contribution in [1.82, 2.24) is 34.6 Å². The second-order valence-electron chi connectivity index (χ2n) is 17.2. The van der Waals surface area contributed by atoms with Crippen molar-refractivity contribution in [3.8, 4) is 0 Å². The van der Waals surface area contributed by atoms with Crippen molar-refractivity contribution in [1.29, 1.82) is 0 Å². The minimum absolute atomic E-state index is 0.0279. The number of rotatable bonds is 10. The van der Waals surface area contributed by atoms with Crippen molar-refractivity contribution >= 4 is 51.8 Å². The second-order valence-corrected chi connectivity index (χ2v) is 17.2. The van der Waals surface area contributed by atoms with Gasteiger partial charge in [0.2, 0.25) is 17.8 Å². The molecule has 58 heavy (non-hydrogen) atoms. The number of fused-ring (bicyclic) bond motifs is 1. The lowest BCUT2D eigenvalue weighted by Crippen LogP contribution is -2.61. The molecule has 0 bridgehead atoms. The third kappa shape index (κ3) is 7.59. The summed E-state index contributed by atoms with van der Waals surface area (Å²) >= 11 is 0. The highest BCUT2D eigenvalue weighted by atomic mass is 16.2. The number of hydrogen-bond donors (Lipinski definition) is 2. The number of ketones is 1.